The second-order valence-electron chi connectivity index (χ2n) is 5.99. The van der Waals surface area contributed by atoms with Crippen molar-refractivity contribution in [1.82, 2.24) is 4.90 Å². The van der Waals surface area contributed by atoms with Crippen molar-refractivity contribution in [3.8, 4) is 11.5 Å². The number of benzene rings is 2. The van der Waals surface area contributed by atoms with Crippen LogP contribution in [0.25, 0.3) is 0 Å². The third-order valence-corrected chi connectivity index (χ3v) is 3.94. The summed E-state index contributed by atoms with van der Waals surface area (Å²) in [6, 6.07) is 15.2. The Labute approximate surface area is 141 Å². The molecule has 0 radical (unpaired) electrons. The number of urea groups is 1. The molecule has 5 heteroatoms. The summed E-state index contributed by atoms with van der Waals surface area (Å²) in [5.74, 6) is 1.32. The first-order valence-corrected chi connectivity index (χ1v) is 8.19. The van der Waals surface area contributed by atoms with Crippen LogP contribution in [0.3, 0.4) is 0 Å². The molecule has 0 saturated heterocycles. The fraction of sp³-hybridized carbons (Fsp3) is 0.316. The SMILES string of the molecule is Cc1cccc(Oc2ccccc2NC(=O)N(CCO)C2CC2)c1. The van der Waals surface area contributed by atoms with Gasteiger partial charge in [0.15, 0.2) is 5.75 Å². The van der Waals surface area contributed by atoms with Gasteiger partial charge in [-0.1, -0.05) is 24.3 Å². The lowest BCUT2D eigenvalue weighted by molar-refractivity contribution is 0.185. The quantitative estimate of drug-likeness (QED) is 0.849. The number of rotatable bonds is 6. The standard InChI is InChI=1S/C19H22N2O3/c1-14-5-4-6-16(13-14)24-18-8-3-2-7-17(18)20-19(23)21(11-12-22)15-9-10-15/h2-8,13,15,22H,9-12H2,1H3,(H,20,23). The number of amides is 2. The van der Waals surface area contributed by atoms with E-state index in [1.165, 1.54) is 0 Å². The minimum absolute atomic E-state index is 0.0364. The normalized spacial score (nSPS) is 13.4. The summed E-state index contributed by atoms with van der Waals surface area (Å²) < 4.78 is 5.92. The van der Waals surface area contributed by atoms with E-state index in [2.05, 4.69) is 5.32 Å². The van der Waals surface area contributed by atoms with Crippen LogP contribution >= 0.6 is 0 Å². The molecule has 2 aromatic carbocycles. The molecule has 126 valence electrons. The van der Waals surface area contributed by atoms with Gasteiger partial charge in [0.05, 0.1) is 12.3 Å². The van der Waals surface area contributed by atoms with E-state index in [0.29, 0.717) is 18.0 Å². The van der Waals surface area contributed by atoms with E-state index < -0.39 is 0 Å². The average Bonchev–Trinajstić information content (AvgIpc) is 3.39. The maximum absolute atomic E-state index is 12.5. The topological polar surface area (TPSA) is 61.8 Å². The van der Waals surface area contributed by atoms with Crippen molar-refractivity contribution in [2.24, 2.45) is 0 Å². The molecule has 1 saturated carbocycles. The molecular weight excluding hydrogens is 304 g/mol. The Morgan fingerprint density at radius 3 is 2.75 bits per heavy atom. The van der Waals surface area contributed by atoms with Crippen LogP contribution in [0, 0.1) is 6.92 Å². The zero-order valence-corrected chi connectivity index (χ0v) is 13.7. The summed E-state index contributed by atoms with van der Waals surface area (Å²) in [4.78, 5) is 14.2. The average molecular weight is 326 g/mol. The lowest BCUT2D eigenvalue weighted by Crippen LogP contribution is -2.38. The Morgan fingerprint density at radius 2 is 2.04 bits per heavy atom. The van der Waals surface area contributed by atoms with E-state index in [4.69, 9.17) is 9.84 Å². The summed E-state index contributed by atoms with van der Waals surface area (Å²) >= 11 is 0. The smallest absolute Gasteiger partial charge is 0.322 e. The Bertz CT molecular complexity index is 713. The Morgan fingerprint density at radius 1 is 1.25 bits per heavy atom. The predicted molar refractivity (Wildman–Crippen MR) is 93.5 cm³/mol. The number of carbonyl (C=O) groups excluding carboxylic acids is 1. The minimum Gasteiger partial charge on any atom is -0.455 e. The van der Waals surface area contributed by atoms with Gasteiger partial charge in [-0.2, -0.15) is 0 Å². The van der Waals surface area contributed by atoms with Crippen molar-refractivity contribution in [1.29, 1.82) is 0 Å². The van der Waals surface area contributed by atoms with E-state index in [1.54, 1.807) is 4.90 Å². The van der Waals surface area contributed by atoms with Crippen LogP contribution in [-0.4, -0.2) is 35.2 Å². The molecule has 5 nitrogen and oxygen atoms in total. The molecule has 1 aliphatic rings. The van der Waals surface area contributed by atoms with Crippen LogP contribution in [0.15, 0.2) is 48.5 Å². The molecule has 0 bridgehead atoms. The minimum atomic E-state index is -0.202. The maximum atomic E-state index is 12.5. The van der Waals surface area contributed by atoms with Crippen molar-refractivity contribution >= 4 is 11.7 Å². The number of hydrogen-bond acceptors (Lipinski definition) is 3. The van der Waals surface area contributed by atoms with Gasteiger partial charge in [0.25, 0.3) is 0 Å². The van der Waals surface area contributed by atoms with Gasteiger partial charge >= 0.3 is 6.03 Å². The third kappa shape index (κ3) is 4.06. The molecule has 0 aliphatic heterocycles. The number of nitrogens with one attached hydrogen (secondary N) is 1. The van der Waals surface area contributed by atoms with Crippen molar-refractivity contribution in [2.45, 2.75) is 25.8 Å². The number of aliphatic hydroxyl groups excluding tert-OH is 1. The van der Waals surface area contributed by atoms with Crippen LogP contribution < -0.4 is 10.1 Å². The number of aryl methyl sites for hydroxylation is 1. The van der Waals surface area contributed by atoms with Gasteiger partial charge in [0, 0.05) is 12.6 Å². The van der Waals surface area contributed by atoms with Gasteiger partial charge in [-0.3, -0.25) is 0 Å². The molecule has 1 aliphatic carbocycles. The number of para-hydroxylation sites is 2. The predicted octanol–water partition coefficient (Wildman–Crippen LogP) is 3.78. The third-order valence-electron chi connectivity index (χ3n) is 3.94. The highest BCUT2D eigenvalue weighted by molar-refractivity contribution is 5.91. The molecule has 3 rings (SSSR count). The van der Waals surface area contributed by atoms with Gasteiger partial charge < -0.3 is 20.1 Å². The van der Waals surface area contributed by atoms with E-state index in [-0.39, 0.29) is 18.7 Å². The second kappa shape index (κ2) is 7.36. The molecular formula is C19H22N2O3. The van der Waals surface area contributed by atoms with E-state index >= 15 is 0 Å². The van der Waals surface area contributed by atoms with Gasteiger partial charge in [0.2, 0.25) is 0 Å². The molecule has 1 fully saturated rings. The lowest BCUT2D eigenvalue weighted by atomic mass is 10.2. The first kappa shape index (κ1) is 16.3. The number of carbonyl (C=O) groups is 1. The van der Waals surface area contributed by atoms with Crippen LogP contribution in [0.1, 0.15) is 18.4 Å². The number of anilines is 1. The highest BCUT2D eigenvalue weighted by atomic mass is 16.5. The summed E-state index contributed by atoms with van der Waals surface area (Å²) in [5, 5.41) is 12.1. The van der Waals surface area contributed by atoms with Crippen molar-refractivity contribution in [2.75, 3.05) is 18.5 Å². The monoisotopic (exact) mass is 326 g/mol. The van der Waals surface area contributed by atoms with Gasteiger partial charge in [0.1, 0.15) is 5.75 Å². The zero-order valence-electron chi connectivity index (χ0n) is 13.7. The highest BCUT2D eigenvalue weighted by Gasteiger charge is 2.32. The van der Waals surface area contributed by atoms with Gasteiger partial charge in [-0.25, -0.2) is 4.79 Å². The number of hydrogen-bond donors (Lipinski definition) is 2. The van der Waals surface area contributed by atoms with E-state index in [9.17, 15) is 4.79 Å². The Balaban J connectivity index is 1.75. The van der Waals surface area contributed by atoms with Crippen molar-refractivity contribution < 1.29 is 14.6 Å². The first-order chi connectivity index (χ1) is 11.7. The summed E-state index contributed by atoms with van der Waals surface area (Å²) in [5.41, 5.74) is 1.73. The van der Waals surface area contributed by atoms with E-state index in [0.717, 1.165) is 24.2 Å². The van der Waals surface area contributed by atoms with Crippen LogP contribution in [-0.2, 0) is 0 Å². The van der Waals surface area contributed by atoms with Crippen LogP contribution in [0.5, 0.6) is 11.5 Å². The van der Waals surface area contributed by atoms with Crippen molar-refractivity contribution in [3.63, 3.8) is 0 Å². The highest BCUT2D eigenvalue weighted by Crippen LogP contribution is 2.31. The Kier molecular flexibility index (Phi) is 5.01. The molecule has 2 aromatic rings. The summed E-state index contributed by atoms with van der Waals surface area (Å²) in [6.07, 6.45) is 1.99. The van der Waals surface area contributed by atoms with Crippen LogP contribution in [0.4, 0.5) is 10.5 Å². The number of ether oxygens (including phenoxy) is 1. The van der Waals surface area contributed by atoms with Crippen LogP contribution in [0.2, 0.25) is 0 Å². The molecule has 0 heterocycles. The fourth-order valence-electron chi connectivity index (χ4n) is 2.60. The molecule has 2 amide bonds. The largest absolute Gasteiger partial charge is 0.455 e. The zero-order chi connectivity index (χ0) is 16.9. The van der Waals surface area contributed by atoms with Gasteiger partial charge in [-0.15, -0.1) is 0 Å². The lowest BCUT2D eigenvalue weighted by Gasteiger charge is -2.22. The maximum Gasteiger partial charge on any atom is 0.322 e. The molecule has 0 aromatic heterocycles. The summed E-state index contributed by atoms with van der Waals surface area (Å²) in [7, 11) is 0. The molecule has 0 unspecified atom stereocenters. The molecule has 0 spiro atoms. The fourth-order valence-corrected chi connectivity index (χ4v) is 2.60. The second-order valence-corrected chi connectivity index (χ2v) is 5.99. The Hall–Kier alpha value is -2.53. The first-order valence-electron chi connectivity index (χ1n) is 8.19. The molecule has 24 heavy (non-hydrogen) atoms. The van der Waals surface area contributed by atoms with Gasteiger partial charge in [-0.05, 0) is 49.6 Å². The number of nitrogens with zero attached hydrogens (tertiary/aromatic N) is 1. The van der Waals surface area contributed by atoms with Crippen molar-refractivity contribution in [3.05, 3.63) is 54.1 Å². The van der Waals surface area contributed by atoms with E-state index in [1.807, 2.05) is 55.5 Å². The molecule has 2 N–H and O–H groups in total. The molecule has 0 atom stereocenters. The number of aliphatic hydroxyl groups is 1. The summed E-state index contributed by atoms with van der Waals surface area (Å²) in [6.45, 7) is 2.31.